The van der Waals surface area contributed by atoms with Gasteiger partial charge in [-0.05, 0) is 0 Å². The van der Waals surface area contributed by atoms with Crippen LogP contribution in [0.25, 0.3) is 0 Å². The summed E-state index contributed by atoms with van der Waals surface area (Å²) in [5.41, 5.74) is -4.69. The number of aliphatic hydroxyl groups is 14. The quantitative estimate of drug-likeness (QED) is 0.108. The Morgan fingerprint density at radius 2 is 0.556 bits per heavy atom. The number of aliphatic hydroxyl groups excluding tert-OH is 6. The second kappa shape index (κ2) is 14.0. The monoisotopic (exact) mass is 452 g/mol. The van der Waals surface area contributed by atoms with Gasteiger partial charge in [-0.3, -0.25) is 0 Å². The van der Waals surface area contributed by atoms with Crippen molar-refractivity contribution in [2.75, 3.05) is 0 Å². The molecular weight excluding hydrogens is 424 g/mol. The van der Waals surface area contributed by atoms with Crippen molar-refractivity contribution in [3.8, 4) is 0 Å². The molecule has 0 amide bonds. The van der Waals surface area contributed by atoms with Crippen LogP contribution in [0.2, 0.25) is 0 Å². The fourth-order valence-electron chi connectivity index (χ4n) is 1.85. The molecule has 0 spiro atoms. The van der Waals surface area contributed by atoms with Crippen LogP contribution in [0.15, 0.2) is 0 Å². The zero-order valence-electron chi connectivity index (χ0n) is 13.9. The summed E-state index contributed by atoms with van der Waals surface area (Å²) in [6, 6.07) is 0. The minimum atomic E-state index is -2.34. The summed E-state index contributed by atoms with van der Waals surface area (Å²) in [6.45, 7) is 0. The molecule has 0 aliphatic carbocycles. The van der Waals surface area contributed by atoms with Crippen molar-refractivity contribution in [3.05, 3.63) is 0 Å². The van der Waals surface area contributed by atoms with Gasteiger partial charge in [-0.15, -0.1) is 0 Å². The van der Waals surface area contributed by atoms with E-state index in [-0.39, 0.29) is 17.1 Å². The Labute approximate surface area is 163 Å². The van der Waals surface area contributed by atoms with Crippen LogP contribution >= 0.6 is 0 Å². The van der Waals surface area contributed by atoms with Gasteiger partial charge in [0.05, 0.1) is 0 Å². The molecule has 14 nitrogen and oxygen atoms in total. The van der Waals surface area contributed by atoms with E-state index >= 15 is 0 Å². The SMILES string of the molecule is OC(O)CC(O)(CC(O)O)C(O)O.OC(O)CC(O)(CC(O)O)C(O)O.[Fe]. The Morgan fingerprint density at radius 1 is 0.407 bits per heavy atom. The van der Waals surface area contributed by atoms with Crippen molar-refractivity contribution in [1.29, 1.82) is 0 Å². The van der Waals surface area contributed by atoms with Crippen LogP contribution in [0.4, 0.5) is 0 Å². The van der Waals surface area contributed by atoms with E-state index in [1.54, 1.807) is 0 Å². The average molecular weight is 452 g/mol. The molecule has 0 aromatic rings. The topological polar surface area (TPSA) is 283 Å². The predicted octanol–water partition coefficient (Wildman–Crippen LogP) is -7.14. The normalized spacial score (nSPS) is 12.9. The smallest absolute Gasteiger partial charge is 0.181 e. The van der Waals surface area contributed by atoms with Gasteiger partial charge in [0.2, 0.25) is 0 Å². The molecule has 0 unspecified atom stereocenters. The van der Waals surface area contributed by atoms with Gasteiger partial charge in [0.15, 0.2) is 37.7 Å². The van der Waals surface area contributed by atoms with E-state index in [0.717, 1.165) is 0 Å². The first-order chi connectivity index (χ1) is 11.6. The third kappa shape index (κ3) is 14.6. The van der Waals surface area contributed by atoms with E-state index in [1.807, 2.05) is 0 Å². The Morgan fingerprint density at radius 3 is 0.630 bits per heavy atom. The molecule has 0 fully saturated rings. The van der Waals surface area contributed by atoms with Gasteiger partial charge >= 0.3 is 0 Å². The molecule has 0 heterocycles. The van der Waals surface area contributed by atoms with E-state index < -0.39 is 74.6 Å². The summed E-state index contributed by atoms with van der Waals surface area (Å²) in [6.07, 6.45) is -15.6. The van der Waals surface area contributed by atoms with Crippen LogP contribution in [0.5, 0.6) is 0 Å². The summed E-state index contributed by atoms with van der Waals surface area (Å²) < 4.78 is 0. The first-order valence-electron chi connectivity index (χ1n) is 7.17. The van der Waals surface area contributed by atoms with Crippen molar-refractivity contribution >= 4 is 0 Å². The molecule has 0 aromatic carbocycles. The zero-order valence-corrected chi connectivity index (χ0v) is 15.0. The molecule has 15 heteroatoms. The second-order valence-electron chi connectivity index (χ2n) is 5.69. The molecule has 0 radical (unpaired) electrons. The summed E-state index contributed by atoms with van der Waals surface area (Å²) in [4.78, 5) is 0. The Bertz CT molecular complexity index is 308. The molecule has 27 heavy (non-hydrogen) atoms. The maximum atomic E-state index is 9.29. The molecular formula is C12H28FeO14. The van der Waals surface area contributed by atoms with Gasteiger partial charge in [0.25, 0.3) is 0 Å². The maximum Gasteiger partial charge on any atom is 0.181 e. The fraction of sp³-hybridized carbons (Fsp3) is 1.00. The largest absolute Gasteiger partial charge is 0.384 e. The molecule has 0 aromatic heterocycles. The molecule has 0 aliphatic rings. The second-order valence-corrected chi connectivity index (χ2v) is 5.69. The van der Waals surface area contributed by atoms with Gasteiger partial charge in [0.1, 0.15) is 11.2 Å². The van der Waals surface area contributed by atoms with Crippen LogP contribution in [-0.4, -0.2) is 120 Å². The van der Waals surface area contributed by atoms with Crippen molar-refractivity contribution in [3.63, 3.8) is 0 Å². The minimum Gasteiger partial charge on any atom is -0.384 e. The minimum absolute atomic E-state index is 0. The standard InChI is InChI=1S/2C6H14O7.Fe/c2*7-3(8)1-6(13,5(11)12)2-4(9)10;/h2*3-5,7-13H,1-2H2;. The third-order valence-corrected chi connectivity index (χ3v) is 3.11. The van der Waals surface area contributed by atoms with E-state index in [9.17, 15) is 10.2 Å². The van der Waals surface area contributed by atoms with Gasteiger partial charge in [-0.1, -0.05) is 0 Å². The predicted molar refractivity (Wildman–Crippen MR) is 77.7 cm³/mol. The van der Waals surface area contributed by atoms with Crippen LogP contribution in [0, 0.1) is 0 Å². The molecule has 0 saturated carbocycles. The Balaban J connectivity index is -0.000000411. The van der Waals surface area contributed by atoms with Crippen LogP contribution in [0.1, 0.15) is 25.7 Å². The van der Waals surface area contributed by atoms with Crippen LogP contribution < -0.4 is 0 Å². The molecule has 168 valence electrons. The first kappa shape index (κ1) is 31.6. The molecule has 0 saturated heterocycles. The fourth-order valence-corrected chi connectivity index (χ4v) is 1.85. The summed E-state index contributed by atoms with van der Waals surface area (Å²) in [5, 5.41) is 121. The number of hydrogen-bond donors (Lipinski definition) is 14. The summed E-state index contributed by atoms with van der Waals surface area (Å²) in [7, 11) is 0. The van der Waals surface area contributed by atoms with Crippen molar-refractivity contribution in [2.24, 2.45) is 0 Å². The maximum absolute atomic E-state index is 9.29. The third-order valence-electron chi connectivity index (χ3n) is 3.11. The van der Waals surface area contributed by atoms with Gasteiger partial charge < -0.3 is 71.5 Å². The average Bonchev–Trinajstić information content (AvgIpc) is 2.34. The van der Waals surface area contributed by atoms with Crippen LogP contribution in [0.3, 0.4) is 0 Å². The van der Waals surface area contributed by atoms with E-state index in [2.05, 4.69) is 0 Å². The van der Waals surface area contributed by atoms with Crippen molar-refractivity contribution in [1.82, 2.24) is 0 Å². The number of rotatable bonds is 10. The van der Waals surface area contributed by atoms with Gasteiger partial charge in [0, 0.05) is 42.8 Å². The Kier molecular flexibility index (Phi) is 16.4. The molecule has 0 aliphatic heterocycles. The Hall–Kier alpha value is -0.0405. The molecule has 0 bridgehead atoms. The zero-order chi connectivity index (χ0) is 21.3. The van der Waals surface area contributed by atoms with Crippen LogP contribution in [-0.2, 0) is 17.1 Å². The van der Waals surface area contributed by atoms with Crippen molar-refractivity contribution < 1.29 is 88.6 Å². The van der Waals surface area contributed by atoms with Gasteiger partial charge in [-0.25, -0.2) is 0 Å². The number of hydrogen-bond acceptors (Lipinski definition) is 14. The first-order valence-corrected chi connectivity index (χ1v) is 7.17. The van der Waals surface area contributed by atoms with Crippen molar-refractivity contribution in [2.45, 2.75) is 74.6 Å². The molecule has 0 rings (SSSR count). The van der Waals surface area contributed by atoms with E-state index in [1.165, 1.54) is 0 Å². The van der Waals surface area contributed by atoms with Gasteiger partial charge in [-0.2, -0.15) is 0 Å². The molecule has 14 N–H and O–H groups in total. The summed E-state index contributed by atoms with van der Waals surface area (Å²) in [5.74, 6) is 0. The van der Waals surface area contributed by atoms with E-state index in [0.29, 0.717) is 0 Å². The molecule has 0 atom stereocenters. The summed E-state index contributed by atoms with van der Waals surface area (Å²) >= 11 is 0. The van der Waals surface area contributed by atoms with E-state index in [4.69, 9.17) is 61.3 Å².